The maximum Gasteiger partial charge on any atom is 0.238 e. The van der Waals surface area contributed by atoms with Crippen LogP contribution in [0.1, 0.15) is 16.2 Å². The number of rotatable bonds is 3. The van der Waals surface area contributed by atoms with Crippen molar-refractivity contribution in [3.8, 4) is 5.69 Å². The molecule has 0 aliphatic heterocycles. The minimum atomic E-state index is -3.71. The minimum absolute atomic E-state index is 0.0165. The first kappa shape index (κ1) is 12.5. The van der Waals surface area contributed by atoms with E-state index in [9.17, 15) is 13.2 Å². The van der Waals surface area contributed by atoms with Crippen LogP contribution in [0, 0.1) is 6.92 Å². The normalized spacial score (nSPS) is 11.4. The molecule has 0 spiro atoms. The van der Waals surface area contributed by atoms with Gasteiger partial charge in [0.1, 0.15) is 5.69 Å². The van der Waals surface area contributed by atoms with Crippen LogP contribution >= 0.6 is 0 Å². The van der Waals surface area contributed by atoms with Crippen LogP contribution in [0.5, 0.6) is 0 Å². The van der Waals surface area contributed by atoms with Crippen molar-refractivity contribution >= 4 is 16.3 Å². The zero-order valence-electron chi connectivity index (χ0n) is 9.57. The number of carbonyl (C=O) groups is 1. The molecule has 0 saturated carbocycles. The van der Waals surface area contributed by atoms with Crippen LogP contribution in [0.25, 0.3) is 5.69 Å². The fourth-order valence-electron chi connectivity index (χ4n) is 1.59. The predicted molar refractivity (Wildman–Crippen MR) is 65.1 cm³/mol. The number of hydrogen-bond donors (Lipinski definition) is 1. The molecule has 0 unspecified atom stereocenters. The van der Waals surface area contributed by atoms with Gasteiger partial charge in [-0.2, -0.15) is 5.10 Å². The number of nitrogens with zero attached hydrogens (tertiary/aromatic N) is 2. The van der Waals surface area contributed by atoms with Gasteiger partial charge in [-0.05, 0) is 37.3 Å². The zero-order chi connectivity index (χ0) is 13.3. The van der Waals surface area contributed by atoms with Crippen LogP contribution in [0.3, 0.4) is 0 Å². The number of hydrogen-bond acceptors (Lipinski definition) is 4. The van der Waals surface area contributed by atoms with Gasteiger partial charge >= 0.3 is 0 Å². The Morgan fingerprint density at radius 1 is 1.28 bits per heavy atom. The van der Waals surface area contributed by atoms with Crippen molar-refractivity contribution in [2.24, 2.45) is 5.14 Å². The smallest absolute Gasteiger partial charge is 0.238 e. The van der Waals surface area contributed by atoms with Gasteiger partial charge < -0.3 is 0 Å². The average molecular weight is 265 g/mol. The third-order valence-corrected chi connectivity index (χ3v) is 3.32. The maximum absolute atomic E-state index is 11.1. The summed E-state index contributed by atoms with van der Waals surface area (Å²) in [6.45, 7) is 1.77. The van der Waals surface area contributed by atoms with Gasteiger partial charge in [0.05, 0.1) is 16.3 Å². The summed E-state index contributed by atoms with van der Waals surface area (Å²) in [5.74, 6) is 0. The van der Waals surface area contributed by atoms with E-state index in [0.29, 0.717) is 23.4 Å². The molecule has 1 aromatic heterocycles. The Labute approximate surface area is 104 Å². The molecule has 0 radical (unpaired) electrons. The molecule has 0 bridgehead atoms. The van der Waals surface area contributed by atoms with Crippen LogP contribution < -0.4 is 5.14 Å². The second kappa shape index (κ2) is 4.35. The molecule has 0 aliphatic rings. The Bertz CT molecular complexity index is 687. The molecule has 2 rings (SSSR count). The van der Waals surface area contributed by atoms with E-state index in [4.69, 9.17) is 5.14 Å². The molecular formula is C11H11N3O3S. The number of sulfonamides is 1. The molecule has 0 fully saturated rings. The molecule has 7 heteroatoms. The number of benzene rings is 1. The Morgan fingerprint density at radius 2 is 1.89 bits per heavy atom. The first-order chi connectivity index (χ1) is 8.41. The lowest BCUT2D eigenvalue weighted by molar-refractivity contribution is 0.111. The maximum atomic E-state index is 11.1. The summed E-state index contributed by atoms with van der Waals surface area (Å²) in [5, 5.41) is 9.15. The summed E-state index contributed by atoms with van der Waals surface area (Å²) in [6, 6.07) is 7.46. The van der Waals surface area contributed by atoms with E-state index in [1.165, 1.54) is 16.8 Å². The molecule has 18 heavy (non-hydrogen) atoms. The summed E-state index contributed by atoms with van der Waals surface area (Å²) in [6.07, 6.45) is 0.688. The van der Waals surface area contributed by atoms with Gasteiger partial charge in [0.2, 0.25) is 10.0 Å². The van der Waals surface area contributed by atoms with E-state index >= 15 is 0 Å². The first-order valence-electron chi connectivity index (χ1n) is 5.07. The minimum Gasteiger partial charge on any atom is -0.296 e. The second-order valence-corrected chi connectivity index (χ2v) is 5.34. The molecular weight excluding hydrogens is 254 g/mol. The Hall–Kier alpha value is -1.99. The highest BCUT2D eigenvalue weighted by Gasteiger charge is 2.10. The van der Waals surface area contributed by atoms with Gasteiger partial charge in [0.15, 0.2) is 6.29 Å². The average Bonchev–Trinajstić information content (AvgIpc) is 2.69. The monoisotopic (exact) mass is 265 g/mol. The van der Waals surface area contributed by atoms with Gasteiger partial charge in [0.25, 0.3) is 0 Å². The summed E-state index contributed by atoms with van der Waals surface area (Å²) in [7, 11) is -3.71. The summed E-state index contributed by atoms with van der Waals surface area (Å²) < 4.78 is 23.7. The van der Waals surface area contributed by atoms with Crippen molar-refractivity contribution in [3.63, 3.8) is 0 Å². The van der Waals surface area contributed by atoms with Crippen molar-refractivity contribution in [2.45, 2.75) is 11.8 Å². The molecule has 1 heterocycles. The predicted octanol–water partition coefficient (Wildman–Crippen LogP) is 0.641. The molecule has 0 amide bonds. The second-order valence-electron chi connectivity index (χ2n) is 3.78. The highest BCUT2D eigenvalue weighted by molar-refractivity contribution is 7.89. The topological polar surface area (TPSA) is 95.0 Å². The summed E-state index contributed by atoms with van der Waals surface area (Å²) >= 11 is 0. The molecule has 0 saturated heterocycles. The van der Waals surface area contributed by atoms with Gasteiger partial charge in [-0.15, -0.1) is 0 Å². The number of nitrogens with two attached hydrogens (primary N) is 1. The molecule has 0 atom stereocenters. The van der Waals surface area contributed by atoms with Crippen LogP contribution in [-0.2, 0) is 10.0 Å². The first-order valence-corrected chi connectivity index (χ1v) is 6.61. The van der Waals surface area contributed by atoms with Crippen molar-refractivity contribution in [1.29, 1.82) is 0 Å². The largest absolute Gasteiger partial charge is 0.296 e. The van der Waals surface area contributed by atoms with E-state index in [2.05, 4.69) is 5.10 Å². The van der Waals surface area contributed by atoms with Crippen molar-refractivity contribution < 1.29 is 13.2 Å². The number of primary sulfonamides is 1. The van der Waals surface area contributed by atoms with Crippen LogP contribution in [0.2, 0.25) is 0 Å². The summed E-state index contributed by atoms with van der Waals surface area (Å²) in [4.78, 5) is 10.9. The fraction of sp³-hybridized carbons (Fsp3) is 0.0909. The number of aryl methyl sites for hydroxylation is 1. The third kappa shape index (κ3) is 2.31. The number of aldehydes is 1. The number of carbonyl (C=O) groups excluding carboxylic acids is 1. The standard InChI is InChI=1S/C11H11N3O3S/c1-8-6-10(7-15)14(13-8)9-2-4-11(5-3-9)18(12,16)17/h2-7H,1H3,(H2,12,16,17). The summed E-state index contributed by atoms with van der Waals surface area (Å²) in [5.41, 5.74) is 1.70. The SMILES string of the molecule is Cc1cc(C=O)n(-c2ccc(S(N)(=O)=O)cc2)n1. The van der Waals surface area contributed by atoms with E-state index in [0.717, 1.165) is 0 Å². The third-order valence-electron chi connectivity index (χ3n) is 2.39. The molecule has 0 aliphatic carbocycles. The highest BCUT2D eigenvalue weighted by Crippen LogP contribution is 2.14. The lowest BCUT2D eigenvalue weighted by Gasteiger charge is -2.04. The Balaban J connectivity index is 2.49. The lowest BCUT2D eigenvalue weighted by Crippen LogP contribution is -2.12. The fourth-order valence-corrected chi connectivity index (χ4v) is 2.10. The highest BCUT2D eigenvalue weighted by atomic mass is 32.2. The zero-order valence-corrected chi connectivity index (χ0v) is 10.4. The number of aromatic nitrogens is 2. The van der Waals surface area contributed by atoms with E-state index in [1.807, 2.05) is 0 Å². The van der Waals surface area contributed by atoms with Gasteiger partial charge in [-0.3, -0.25) is 4.79 Å². The molecule has 94 valence electrons. The van der Waals surface area contributed by atoms with Crippen LogP contribution in [0.4, 0.5) is 0 Å². The van der Waals surface area contributed by atoms with E-state index in [1.54, 1.807) is 25.1 Å². The van der Waals surface area contributed by atoms with Gasteiger partial charge in [-0.25, -0.2) is 18.2 Å². The Morgan fingerprint density at radius 3 is 2.39 bits per heavy atom. The van der Waals surface area contributed by atoms with Gasteiger partial charge in [-0.1, -0.05) is 0 Å². The van der Waals surface area contributed by atoms with Crippen molar-refractivity contribution in [2.75, 3.05) is 0 Å². The van der Waals surface area contributed by atoms with Crippen LogP contribution in [0.15, 0.2) is 35.2 Å². The lowest BCUT2D eigenvalue weighted by atomic mass is 10.3. The van der Waals surface area contributed by atoms with Gasteiger partial charge in [0, 0.05) is 0 Å². The molecule has 2 N–H and O–H groups in total. The molecule has 6 nitrogen and oxygen atoms in total. The van der Waals surface area contributed by atoms with E-state index in [-0.39, 0.29) is 4.90 Å². The molecule has 2 aromatic rings. The van der Waals surface area contributed by atoms with E-state index < -0.39 is 10.0 Å². The van der Waals surface area contributed by atoms with Crippen molar-refractivity contribution in [3.05, 3.63) is 41.7 Å². The molecule has 1 aromatic carbocycles. The van der Waals surface area contributed by atoms with Crippen molar-refractivity contribution in [1.82, 2.24) is 9.78 Å². The quantitative estimate of drug-likeness (QED) is 0.824. The Kier molecular flexibility index (Phi) is 3.02. The van der Waals surface area contributed by atoms with Crippen LogP contribution in [-0.4, -0.2) is 24.5 Å².